The van der Waals surface area contributed by atoms with E-state index in [1.165, 1.54) is 18.6 Å². The molecule has 2 heterocycles. The number of amides is 2. The average molecular weight is 272 g/mol. The van der Waals surface area contributed by atoms with Crippen molar-refractivity contribution in [1.29, 1.82) is 0 Å². The summed E-state index contributed by atoms with van der Waals surface area (Å²) in [6.07, 6.45) is 2.60. The summed E-state index contributed by atoms with van der Waals surface area (Å²) in [5.74, 6) is -1.34. The highest BCUT2D eigenvalue weighted by atomic mass is 32.2. The van der Waals surface area contributed by atoms with E-state index < -0.39 is 21.1 Å². The molecule has 2 N–H and O–H groups in total. The van der Waals surface area contributed by atoms with Crippen LogP contribution in [0.5, 0.6) is 0 Å². The van der Waals surface area contributed by atoms with Gasteiger partial charge in [-0.2, -0.15) is 0 Å². The maximum Gasteiger partial charge on any atom is 0.237 e. The van der Waals surface area contributed by atoms with Gasteiger partial charge < -0.3 is 15.1 Å². The Morgan fingerprint density at radius 2 is 2.28 bits per heavy atom. The number of rotatable bonds is 5. The molecular weight excluding hydrogens is 260 g/mol. The lowest BCUT2D eigenvalue weighted by molar-refractivity contribution is -0.145. The van der Waals surface area contributed by atoms with Crippen molar-refractivity contribution in [3.63, 3.8) is 0 Å². The van der Waals surface area contributed by atoms with Crippen molar-refractivity contribution in [2.24, 2.45) is 5.73 Å². The molecule has 0 spiro atoms. The van der Waals surface area contributed by atoms with E-state index in [0.717, 1.165) is 4.90 Å². The summed E-state index contributed by atoms with van der Waals surface area (Å²) >= 11 is 0. The largest absolute Gasteiger partial charge is 0.472 e. The van der Waals surface area contributed by atoms with Gasteiger partial charge in [0, 0.05) is 5.56 Å². The fourth-order valence-electron chi connectivity index (χ4n) is 1.81. The number of carbonyl (C=O) groups is 2. The molecule has 2 amide bonds. The number of nitrogens with two attached hydrogens (primary N) is 1. The summed E-state index contributed by atoms with van der Waals surface area (Å²) < 4.78 is 28.8. The second-order valence-electron chi connectivity index (χ2n) is 4.09. The molecule has 18 heavy (non-hydrogen) atoms. The molecule has 1 atom stereocenters. The molecule has 0 saturated carbocycles. The van der Waals surface area contributed by atoms with Gasteiger partial charge in [-0.1, -0.05) is 0 Å². The number of likely N-dealkylation sites (tertiary alicyclic amines) is 1. The van der Waals surface area contributed by atoms with Gasteiger partial charge in [0.1, 0.15) is 11.9 Å². The Kier molecular flexibility index (Phi) is 3.12. The number of nitrogens with zero attached hydrogens (tertiary/aromatic N) is 1. The summed E-state index contributed by atoms with van der Waals surface area (Å²) in [6, 6.07) is 1.54. The van der Waals surface area contributed by atoms with Crippen molar-refractivity contribution >= 4 is 21.7 Å². The van der Waals surface area contributed by atoms with Crippen LogP contribution in [-0.4, -0.2) is 37.1 Å². The third kappa shape index (κ3) is 2.37. The second kappa shape index (κ2) is 4.45. The van der Waals surface area contributed by atoms with Crippen LogP contribution in [0.15, 0.2) is 23.0 Å². The zero-order valence-corrected chi connectivity index (χ0v) is 10.2. The number of hydrogen-bond acceptors (Lipinski definition) is 5. The predicted molar refractivity (Wildman–Crippen MR) is 60.6 cm³/mol. The van der Waals surface area contributed by atoms with Gasteiger partial charge in [0.15, 0.2) is 9.84 Å². The van der Waals surface area contributed by atoms with E-state index in [-0.39, 0.29) is 24.6 Å². The minimum absolute atomic E-state index is 0.104. The first-order valence-electron chi connectivity index (χ1n) is 5.20. The first-order chi connectivity index (χ1) is 8.40. The average Bonchev–Trinajstić information content (AvgIpc) is 2.74. The van der Waals surface area contributed by atoms with Gasteiger partial charge in [-0.3, -0.25) is 9.59 Å². The second-order valence-corrected chi connectivity index (χ2v) is 6.24. The van der Waals surface area contributed by atoms with E-state index in [2.05, 4.69) is 0 Å². The van der Waals surface area contributed by atoms with Crippen molar-refractivity contribution in [1.82, 2.24) is 4.90 Å². The van der Waals surface area contributed by atoms with Crippen molar-refractivity contribution in [2.45, 2.75) is 17.5 Å². The van der Waals surface area contributed by atoms with E-state index in [1.54, 1.807) is 0 Å². The molecule has 1 aromatic heterocycles. The van der Waals surface area contributed by atoms with E-state index in [4.69, 9.17) is 10.2 Å². The third-order valence-electron chi connectivity index (χ3n) is 2.71. The van der Waals surface area contributed by atoms with Crippen LogP contribution in [0, 0.1) is 0 Å². The molecule has 7 nitrogen and oxygen atoms in total. The van der Waals surface area contributed by atoms with Gasteiger partial charge in [0.25, 0.3) is 0 Å². The first-order valence-corrected chi connectivity index (χ1v) is 6.92. The number of sulfone groups is 1. The topological polar surface area (TPSA) is 111 Å². The van der Waals surface area contributed by atoms with Gasteiger partial charge >= 0.3 is 0 Å². The smallest absolute Gasteiger partial charge is 0.237 e. The Labute approximate surface area is 103 Å². The van der Waals surface area contributed by atoms with Crippen molar-refractivity contribution < 1.29 is 22.4 Å². The minimum Gasteiger partial charge on any atom is -0.472 e. The fourth-order valence-corrected chi connectivity index (χ4v) is 3.60. The third-order valence-corrected chi connectivity index (χ3v) is 4.69. The minimum atomic E-state index is -3.54. The molecular formula is C10H12N2O5S. The Bertz CT molecular complexity index is 563. The molecule has 0 bridgehead atoms. The van der Waals surface area contributed by atoms with Crippen molar-refractivity contribution in [3.05, 3.63) is 24.2 Å². The van der Waals surface area contributed by atoms with Crippen LogP contribution in [0.25, 0.3) is 0 Å². The standard InChI is InChI=1S/C10H12N2O5S/c11-8(13)4-12-9(14)3-10(12)18(15,16)6-7-1-2-17-5-7/h1-2,5,10H,3-4,6H2,(H2,11,13). The molecule has 1 aromatic rings. The predicted octanol–water partition coefficient (Wildman–Crippen LogP) is -0.762. The lowest BCUT2D eigenvalue weighted by Crippen LogP contribution is -2.58. The van der Waals surface area contributed by atoms with Crippen LogP contribution in [0.3, 0.4) is 0 Å². The van der Waals surface area contributed by atoms with Gasteiger partial charge in [0.2, 0.25) is 11.8 Å². The monoisotopic (exact) mass is 272 g/mol. The summed E-state index contributed by atoms with van der Waals surface area (Å²) in [6.45, 7) is -0.367. The summed E-state index contributed by atoms with van der Waals surface area (Å²) in [4.78, 5) is 23.0. The number of β-lactam (4-membered cyclic amide) rings is 1. The molecule has 1 aliphatic heterocycles. The number of carbonyl (C=O) groups excluding carboxylic acids is 2. The lowest BCUT2D eigenvalue weighted by atomic mass is 10.2. The zero-order valence-electron chi connectivity index (χ0n) is 9.40. The molecule has 0 aliphatic carbocycles. The van der Waals surface area contributed by atoms with E-state index >= 15 is 0 Å². The maximum absolute atomic E-state index is 12.0. The highest BCUT2D eigenvalue weighted by Gasteiger charge is 2.45. The summed E-state index contributed by atoms with van der Waals surface area (Å²) in [5.41, 5.74) is 5.47. The number of primary amides is 1. The molecule has 1 unspecified atom stereocenters. The fraction of sp³-hybridized carbons (Fsp3) is 0.400. The van der Waals surface area contributed by atoms with Crippen LogP contribution in [0.4, 0.5) is 0 Å². The van der Waals surface area contributed by atoms with Crippen molar-refractivity contribution in [3.8, 4) is 0 Å². The molecule has 2 rings (SSSR count). The SMILES string of the molecule is NC(=O)CN1C(=O)CC1S(=O)(=O)Cc1ccoc1. The Balaban J connectivity index is 2.11. The maximum atomic E-state index is 12.0. The Morgan fingerprint density at radius 3 is 2.78 bits per heavy atom. The molecule has 1 fully saturated rings. The van der Waals surface area contributed by atoms with E-state index in [9.17, 15) is 18.0 Å². The summed E-state index contributed by atoms with van der Waals surface area (Å²) in [7, 11) is -3.54. The number of furan rings is 1. The molecule has 1 saturated heterocycles. The first kappa shape index (κ1) is 12.6. The van der Waals surface area contributed by atoms with Crippen molar-refractivity contribution in [2.75, 3.05) is 6.54 Å². The van der Waals surface area contributed by atoms with Gasteiger partial charge in [0.05, 0.1) is 24.7 Å². The molecule has 98 valence electrons. The van der Waals surface area contributed by atoms with Crippen LogP contribution in [0.1, 0.15) is 12.0 Å². The Morgan fingerprint density at radius 1 is 1.56 bits per heavy atom. The molecule has 1 aliphatic rings. The zero-order chi connectivity index (χ0) is 13.3. The van der Waals surface area contributed by atoms with Crippen LogP contribution in [0.2, 0.25) is 0 Å². The van der Waals surface area contributed by atoms with E-state index in [0.29, 0.717) is 5.56 Å². The van der Waals surface area contributed by atoms with Gasteiger partial charge in [-0.25, -0.2) is 8.42 Å². The van der Waals surface area contributed by atoms with Crippen LogP contribution < -0.4 is 5.73 Å². The number of hydrogen-bond donors (Lipinski definition) is 1. The Hall–Kier alpha value is -1.83. The van der Waals surface area contributed by atoms with Crippen LogP contribution in [-0.2, 0) is 25.2 Å². The quantitative estimate of drug-likeness (QED) is 0.708. The highest BCUT2D eigenvalue weighted by molar-refractivity contribution is 7.91. The normalized spacial score (nSPS) is 19.7. The molecule has 0 aromatic carbocycles. The van der Waals surface area contributed by atoms with Crippen LogP contribution >= 0.6 is 0 Å². The highest BCUT2D eigenvalue weighted by Crippen LogP contribution is 2.26. The van der Waals surface area contributed by atoms with Gasteiger partial charge in [-0.15, -0.1) is 0 Å². The summed E-state index contributed by atoms with van der Waals surface area (Å²) in [5, 5.41) is -0.965. The van der Waals surface area contributed by atoms with E-state index in [1.807, 2.05) is 0 Å². The molecule has 8 heteroatoms. The lowest BCUT2D eigenvalue weighted by Gasteiger charge is -2.38. The van der Waals surface area contributed by atoms with Gasteiger partial charge in [-0.05, 0) is 6.07 Å². The molecule has 0 radical (unpaired) electrons.